The molecule has 2 N–H and O–H groups in total. The number of amides is 1. The molecule has 0 saturated carbocycles. The van der Waals surface area contributed by atoms with Crippen LogP contribution in [-0.4, -0.2) is 90.1 Å². The van der Waals surface area contributed by atoms with E-state index in [1.165, 1.54) is 4.90 Å². The number of likely N-dealkylation sites (N-methyl/N-ethyl adjacent to an activating group) is 1. The number of guanidine groups is 1. The molecular formula is C18H36N4O4. The van der Waals surface area contributed by atoms with Gasteiger partial charge in [0.2, 0.25) is 5.91 Å². The summed E-state index contributed by atoms with van der Waals surface area (Å²) in [5.41, 5.74) is 0. The summed E-state index contributed by atoms with van der Waals surface area (Å²) in [7, 11) is 3.46. The molecule has 1 rings (SSSR count). The molecule has 0 bridgehead atoms. The molecule has 1 aliphatic heterocycles. The van der Waals surface area contributed by atoms with Crippen molar-refractivity contribution in [3.8, 4) is 0 Å². The smallest absolute Gasteiger partial charge is 0.243 e. The Bertz CT molecular complexity index is 399. The molecule has 1 amide bonds. The third-order valence-electron chi connectivity index (χ3n) is 3.97. The minimum atomic E-state index is -0.0254. The Labute approximate surface area is 157 Å². The zero-order chi connectivity index (χ0) is 19.0. The molecule has 152 valence electrons. The van der Waals surface area contributed by atoms with Crippen molar-refractivity contribution < 1.29 is 19.0 Å². The maximum Gasteiger partial charge on any atom is 0.243 e. The highest BCUT2D eigenvalue weighted by Gasteiger charge is 2.15. The lowest BCUT2D eigenvalue weighted by Crippen LogP contribution is -2.40. The van der Waals surface area contributed by atoms with Crippen LogP contribution in [0.3, 0.4) is 0 Å². The van der Waals surface area contributed by atoms with Crippen molar-refractivity contribution in [2.24, 2.45) is 10.9 Å². The first-order valence-electron chi connectivity index (χ1n) is 9.59. The summed E-state index contributed by atoms with van der Waals surface area (Å²) in [5, 5.41) is 6.50. The summed E-state index contributed by atoms with van der Waals surface area (Å²) in [5.74, 6) is 1.17. The lowest BCUT2D eigenvalue weighted by Gasteiger charge is -2.14. The number of aliphatic imine (C=N–C) groups is 1. The van der Waals surface area contributed by atoms with Crippen LogP contribution in [0.4, 0.5) is 0 Å². The molecule has 1 atom stereocenters. The Balaban J connectivity index is 2.21. The molecule has 0 spiro atoms. The Morgan fingerprint density at radius 3 is 2.46 bits per heavy atom. The number of rotatable bonds is 13. The van der Waals surface area contributed by atoms with Crippen LogP contribution in [0.25, 0.3) is 0 Å². The second-order valence-corrected chi connectivity index (χ2v) is 6.52. The van der Waals surface area contributed by atoms with Gasteiger partial charge in [-0.3, -0.25) is 4.79 Å². The Kier molecular flexibility index (Phi) is 12.9. The van der Waals surface area contributed by atoms with Crippen molar-refractivity contribution in [2.45, 2.75) is 26.2 Å². The fourth-order valence-corrected chi connectivity index (χ4v) is 2.33. The van der Waals surface area contributed by atoms with E-state index in [-0.39, 0.29) is 12.5 Å². The van der Waals surface area contributed by atoms with Crippen LogP contribution >= 0.6 is 0 Å². The number of hydrogen-bond acceptors (Lipinski definition) is 5. The van der Waals surface area contributed by atoms with Gasteiger partial charge < -0.3 is 29.7 Å². The molecule has 0 aromatic carbocycles. The van der Waals surface area contributed by atoms with Gasteiger partial charge in [0.1, 0.15) is 6.54 Å². The molecule has 1 fully saturated rings. The lowest BCUT2D eigenvalue weighted by molar-refractivity contribution is -0.127. The minimum absolute atomic E-state index is 0.0254. The van der Waals surface area contributed by atoms with Gasteiger partial charge in [-0.15, -0.1) is 0 Å². The van der Waals surface area contributed by atoms with Gasteiger partial charge >= 0.3 is 0 Å². The molecule has 8 heteroatoms. The number of carbonyl (C=O) groups excluding carboxylic acids is 1. The molecule has 0 radical (unpaired) electrons. The van der Waals surface area contributed by atoms with Crippen molar-refractivity contribution in [2.75, 3.05) is 73.4 Å². The molecule has 26 heavy (non-hydrogen) atoms. The van der Waals surface area contributed by atoms with Gasteiger partial charge in [-0.1, -0.05) is 0 Å². The van der Waals surface area contributed by atoms with E-state index in [2.05, 4.69) is 15.6 Å². The van der Waals surface area contributed by atoms with Gasteiger partial charge in [0.25, 0.3) is 0 Å². The van der Waals surface area contributed by atoms with E-state index in [0.29, 0.717) is 25.1 Å². The van der Waals surface area contributed by atoms with E-state index in [0.717, 1.165) is 58.8 Å². The van der Waals surface area contributed by atoms with Gasteiger partial charge in [0.05, 0.1) is 13.2 Å². The highest BCUT2D eigenvalue weighted by molar-refractivity contribution is 5.84. The van der Waals surface area contributed by atoms with Gasteiger partial charge in [0.15, 0.2) is 5.96 Å². The predicted octanol–water partition coefficient (Wildman–Crippen LogP) is 0.480. The lowest BCUT2D eigenvalue weighted by atomic mass is 10.1. The van der Waals surface area contributed by atoms with Crippen LogP contribution in [0, 0.1) is 5.92 Å². The minimum Gasteiger partial charge on any atom is -0.382 e. The van der Waals surface area contributed by atoms with Crippen molar-refractivity contribution in [1.82, 2.24) is 15.5 Å². The standard InChI is InChI=1S/C18H36N4O4/c1-4-24-10-5-8-19-18(21-13-17(23)22(2)3)20-9-6-11-25-14-16-7-12-26-15-16/h16H,4-15H2,1-3H3,(H2,19,20,21). The van der Waals surface area contributed by atoms with E-state index in [9.17, 15) is 4.79 Å². The number of hydrogen-bond donors (Lipinski definition) is 2. The number of nitrogens with zero attached hydrogens (tertiary/aromatic N) is 2. The van der Waals surface area contributed by atoms with Gasteiger partial charge in [-0.2, -0.15) is 0 Å². The summed E-state index contributed by atoms with van der Waals surface area (Å²) in [4.78, 5) is 17.6. The van der Waals surface area contributed by atoms with Crippen LogP contribution in [0.5, 0.6) is 0 Å². The largest absolute Gasteiger partial charge is 0.382 e. The predicted molar refractivity (Wildman–Crippen MR) is 102 cm³/mol. The highest BCUT2D eigenvalue weighted by Crippen LogP contribution is 2.12. The van der Waals surface area contributed by atoms with Crippen LogP contribution in [0.1, 0.15) is 26.2 Å². The Morgan fingerprint density at radius 1 is 1.19 bits per heavy atom. The monoisotopic (exact) mass is 372 g/mol. The SMILES string of the molecule is CCOCCCNC(=NCC(=O)N(C)C)NCCCOCC1CCOC1. The van der Waals surface area contributed by atoms with Crippen LogP contribution in [0.15, 0.2) is 4.99 Å². The number of ether oxygens (including phenoxy) is 3. The fraction of sp³-hybridized carbons (Fsp3) is 0.889. The first-order valence-corrected chi connectivity index (χ1v) is 9.59. The molecule has 8 nitrogen and oxygen atoms in total. The average Bonchev–Trinajstić information content (AvgIpc) is 3.14. The highest BCUT2D eigenvalue weighted by atomic mass is 16.5. The quantitative estimate of drug-likeness (QED) is 0.278. The zero-order valence-electron chi connectivity index (χ0n) is 16.6. The first-order chi connectivity index (χ1) is 12.6. The summed E-state index contributed by atoms with van der Waals surface area (Å²) in [6.07, 6.45) is 2.87. The molecular weight excluding hydrogens is 336 g/mol. The number of carbonyl (C=O) groups is 1. The molecule has 1 saturated heterocycles. The first kappa shape index (κ1) is 22.7. The Morgan fingerprint density at radius 2 is 1.88 bits per heavy atom. The molecule has 0 aromatic rings. The molecule has 1 unspecified atom stereocenters. The molecule has 1 heterocycles. The van der Waals surface area contributed by atoms with Gasteiger partial charge in [0, 0.05) is 59.5 Å². The third-order valence-corrected chi connectivity index (χ3v) is 3.97. The maximum absolute atomic E-state index is 11.7. The van der Waals surface area contributed by atoms with Crippen LogP contribution < -0.4 is 10.6 Å². The van der Waals surface area contributed by atoms with E-state index >= 15 is 0 Å². The van der Waals surface area contributed by atoms with Crippen molar-refractivity contribution >= 4 is 11.9 Å². The van der Waals surface area contributed by atoms with Crippen LogP contribution in [-0.2, 0) is 19.0 Å². The van der Waals surface area contributed by atoms with E-state index < -0.39 is 0 Å². The van der Waals surface area contributed by atoms with Crippen molar-refractivity contribution in [1.29, 1.82) is 0 Å². The normalized spacial score (nSPS) is 17.3. The van der Waals surface area contributed by atoms with Gasteiger partial charge in [-0.25, -0.2) is 4.99 Å². The zero-order valence-corrected chi connectivity index (χ0v) is 16.6. The summed E-state index contributed by atoms with van der Waals surface area (Å²) >= 11 is 0. The summed E-state index contributed by atoms with van der Waals surface area (Å²) in [6, 6.07) is 0. The fourth-order valence-electron chi connectivity index (χ4n) is 2.33. The van der Waals surface area contributed by atoms with Crippen molar-refractivity contribution in [3.63, 3.8) is 0 Å². The van der Waals surface area contributed by atoms with Crippen LogP contribution in [0.2, 0.25) is 0 Å². The topological polar surface area (TPSA) is 84.4 Å². The van der Waals surface area contributed by atoms with Gasteiger partial charge in [-0.05, 0) is 26.2 Å². The summed E-state index contributed by atoms with van der Waals surface area (Å²) in [6.45, 7) is 8.20. The average molecular weight is 373 g/mol. The van der Waals surface area contributed by atoms with E-state index in [1.54, 1.807) is 14.1 Å². The number of nitrogens with one attached hydrogen (secondary N) is 2. The molecule has 0 aromatic heterocycles. The molecule has 1 aliphatic rings. The second kappa shape index (κ2) is 14.8. The van der Waals surface area contributed by atoms with E-state index in [4.69, 9.17) is 14.2 Å². The van der Waals surface area contributed by atoms with Crippen molar-refractivity contribution in [3.05, 3.63) is 0 Å². The third kappa shape index (κ3) is 11.3. The Hall–Kier alpha value is -1.38. The van der Waals surface area contributed by atoms with E-state index in [1.807, 2.05) is 6.92 Å². The second-order valence-electron chi connectivity index (χ2n) is 6.52. The maximum atomic E-state index is 11.7. The molecule has 0 aliphatic carbocycles. The summed E-state index contributed by atoms with van der Waals surface area (Å²) < 4.78 is 16.4.